The number of carboxylic acids is 1. The van der Waals surface area contributed by atoms with Crippen molar-refractivity contribution in [3.8, 4) is 11.5 Å². The molecule has 26 heavy (non-hydrogen) atoms. The predicted molar refractivity (Wildman–Crippen MR) is 92.8 cm³/mol. The number of likely N-dealkylation sites (tertiary alicyclic amines) is 1. The van der Waals surface area contributed by atoms with E-state index in [0.29, 0.717) is 30.0 Å². The second-order valence-corrected chi connectivity index (χ2v) is 6.62. The summed E-state index contributed by atoms with van der Waals surface area (Å²) in [6.45, 7) is 0.759. The summed E-state index contributed by atoms with van der Waals surface area (Å²) < 4.78 is 25.5. The Balaban J connectivity index is 1.82. The molecule has 2 aliphatic rings. The fourth-order valence-corrected chi connectivity index (χ4v) is 3.86. The number of halogens is 1. The minimum Gasteiger partial charge on any atom is -0.480 e. The van der Waals surface area contributed by atoms with E-state index < -0.39 is 18.1 Å². The van der Waals surface area contributed by atoms with Crippen LogP contribution in [0.3, 0.4) is 0 Å². The Labute approximate surface area is 151 Å². The molecule has 0 radical (unpaired) electrons. The van der Waals surface area contributed by atoms with Gasteiger partial charge < -0.3 is 14.6 Å². The van der Waals surface area contributed by atoms with E-state index in [1.165, 1.54) is 6.07 Å². The minimum atomic E-state index is -0.869. The van der Waals surface area contributed by atoms with Crippen LogP contribution in [0.4, 0.5) is 4.39 Å². The highest BCUT2D eigenvalue weighted by Crippen LogP contribution is 2.40. The number of carboxylic acid groups (broad SMARTS) is 1. The standard InChI is InChI=1S/C20H20FNO4/c21-15-6-2-1-5-14(15)19(22-10-4-3-7-16(22)20(23)24)13-8-9-17-18(11-13)26-12-25-17/h1-2,5-6,8-9,11,16,19H,3-4,7,10,12H2,(H,23,24). The zero-order valence-electron chi connectivity index (χ0n) is 14.2. The van der Waals surface area contributed by atoms with Gasteiger partial charge in [-0.2, -0.15) is 0 Å². The van der Waals surface area contributed by atoms with Gasteiger partial charge in [-0.15, -0.1) is 0 Å². The van der Waals surface area contributed by atoms with Gasteiger partial charge in [-0.3, -0.25) is 9.69 Å². The first-order valence-electron chi connectivity index (χ1n) is 8.77. The van der Waals surface area contributed by atoms with Crippen molar-refractivity contribution in [2.45, 2.75) is 31.3 Å². The number of piperidine rings is 1. The molecule has 136 valence electrons. The second kappa shape index (κ2) is 6.96. The number of aliphatic carboxylic acids is 1. The molecule has 0 spiro atoms. The fraction of sp³-hybridized carbons (Fsp3) is 0.350. The van der Waals surface area contributed by atoms with Gasteiger partial charge >= 0.3 is 5.97 Å². The molecule has 1 saturated heterocycles. The number of ether oxygens (including phenoxy) is 2. The van der Waals surface area contributed by atoms with Gasteiger partial charge in [-0.05, 0) is 43.1 Å². The summed E-state index contributed by atoms with van der Waals surface area (Å²) in [6, 6.07) is 10.9. The van der Waals surface area contributed by atoms with Gasteiger partial charge in [0.2, 0.25) is 6.79 Å². The molecule has 2 aromatic rings. The molecule has 2 atom stereocenters. The first kappa shape index (κ1) is 16.8. The van der Waals surface area contributed by atoms with E-state index in [9.17, 15) is 14.3 Å². The van der Waals surface area contributed by atoms with Gasteiger partial charge in [0.05, 0.1) is 6.04 Å². The van der Waals surface area contributed by atoms with Crippen molar-refractivity contribution in [1.82, 2.24) is 4.90 Å². The molecule has 2 aliphatic heterocycles. The Bertz CT molecular complexity index is 825. The summed E-state index contributed by atoms with van der Waals surface area (Å²) in [5.41, 5.74) is 1.27. The highest BCUT2D eigenvalue weighted by atomic mass is 19.1. The van der Waals surface area contributed by atoms with Crippen LogP contribution in [0.25, 0.3) is 0 Å². The van der Waals surface area contributed by atoms with E-state index >= 15 is 0 Å². The van der Waals surface area contributed by atoms with Crippen molar-refractivity contribution in [3.63, 3.8) is 0 Å². The molecule has 0 aromatic heterocycles. The number of benzene rings is 2. The molecule has 2 aromatic carbocycles. The van der Waals surface area contributed by atoms with E-state index in [-0.39, 0.29) is 12.6 Å². The maximum Gasteiger partial charge on any atom is 0.320 e. The number of nitrogens with zero attached hydrogens (tertiary/aromatic N) is 1. The molecular formula is C20H20FNO4. The first-order chi connectivity index (χ1) is 12.6. The third kappa shape index (κ3) is 3.01. The average Bonchev–Trinajstić information content (AvgIpc) is 3.12. The molecule has 6 heteroatoms. The van der Waals surface area contributed by atoms with Crippen molar-refractivity contribution >= 4 is 5.97 Å². The zero-order chi connectivity index (χ0) is 18.1. The van der Waals surface area contributed by atoms with Crippen LogP contribution >= 0.6 is 0 Å². The summed E-state index contributed by atoms with van der Waals surface area (Å²) in [7, 11) is 0. The highest BCUT2D eigenvalue weighted by molar-refractivity contribution is 5.73. The van der Waals surface area contributed by atoms with Crippen molar-refractivity contribution in [3.05, 3.63) is 59.4 Å². The Morgan fingerprint density at radius 2 is 1.96 bits per heavy atom. The van der Waals surface area contributed by atoms with E-state index in [2.05, 4.69) is 0 Å². The molecular weight excluding hydrogens is 337 g/mol. The maximum absolute atomic E-state index is 14.7. The molecule has 2 heterocycles. The van der Waals surface area contributed by atoms with Crippen LogP contribution in [0.2, 0.25) is 0 Å². The molecule has 0 amide bonds. The summed E-state index contributed by atoms with van der Waals surface area (Å²) in [6.07, 6.45) is 2.31. The number of carbonyl (C=O) groups is 1. The Hall–Kier alpha value is -2.60. The van der Waals surface area contributed by atoms with Gasteiger partial charge in [-0.1, -0.05) is 30.7 Å². The zero-order valence-corrected chi connectivity index (χ0v) is 14.2. The fourth-order valence-electron chi connectivity index (χ4n) is 3.86. The number of hydrogen-bond donors (Lipinski definition) is 1. The summed E-state index contributed by atoms with van der Waals surface area (Å²) >= 11 is 0. The van der Waals surface area contributed by atoms with Gasteiger partial charge in [0.1, 0.15) is 11.9 Å². The maximum atomic E-state index is 14.7. The Morgan fingerprint density at radius 1 is 1.15 bits per heavy atom. The van der Waals surface area contributed by atoms with Crippen LogP contribution in [-0.2, 0) is 4.79 Å². The molecule has 1 N–H and O–H groups in total. The molecule has 0 bridgehead atoms. The van der Waals surface area contributed by atoms with Gasteiger partial charge in [0.25, 0.3) is 0 Å². The van der Waals surface area contributed by atoms with Gasteiger partial charge in [0, 0.05) is 5.56 Å². The summed E-state index contributed by atoms with van der Waals surface area (Å²) in [5, 5.41) is 9.70. The normalized spacial score (nSPS) is 20.7. The average molecular weight is 357 g/mol. The van der Waals surface area contributed by atoms with Gasteiger partial charge in [0.15, 0.2) is 11.5 Å². The van der Waals surface area contributed by atoms with Crippen molar-refractivity contribution in [1.29, 1.82) is 0 Å². The summed E-state index contributed by atoms with van der Waals surface area (Å²) in [5.74, 6) is 0.0406. The quantitative estimate of drug-likeness (QED) is 0.906. The van der Waals surface area contributed by atoms with Gasteiger partial charge in [-0.25, -0.2) is 4.39 Å². The van der Waals surface area contributed by atoms with Crippen LogP contribution in [0.1, 0.15) is 36.4 Å². The lowest BCUT2D eigenvalue weighted by Crippen LogP contribution is -2.47. The number of hydrogen-bond acceptors (Lipinski definition) is 4. The lowest BCUT2D eigenvalue weighted by molar-refractivity contribution is -0.145. The van der Waals surface area contributed by atoms with Crippen LogP contribution < -0.4 is 9.47 Å². The lowest BCUT2D eigenvalue weighted by atomic mass is 9.91. The van der Waals surface area contributed by atoms with Crippen LogP contribution in [0.15, 0.2) is 42.5 Å². The molecule has 4 rings (SSSR count). The van der Waals surface area contributed by atoms with E-state index in [4.69, 9.17) is 9.47 Å². The molecule has 1 fully saturated rings. The molecule has 0 aliphatic carbocycles. The van der Waals surface area contributed by atoms with E-state index in [0.717, 1.165) is 18.4 Å². The smallest absolute Gasteiger partial charge is 0.320 e. The minimum absolute atomic E-state index is 0.157. The third-order valence-corrected chi connectivity index (χ3v) is 5.07. The van der Waals surface area contributed by atoms with E-state index in [1.54, 1.807) is 24.3 Å². The Morgan fingerprint density at radius 3 is 2.77 bits per heavy atom. The summed E-state index contributed by atoms with van der Waals surface area (Å²) in [4.78, 5) is 13.7. The molecule has 5 nitrogen and oxygen atoms in total. The monoisotopic (exact) mass is 357 g/mol. The number of rotatable bonds is 4. The van der Waals surface area contributed by atoms with Crippen LogP contribution in [0, 0.1) is 5.82 Å². The molecule has 0 saturated carbocycles. The largest absolute Gasteiger partial charge is 0.480 e. The first-order valence-corrected chi connectivity index (χ1v) is 8.77. The number of fused-ring (bicyclic) bond motifs is 1. The Kier molecular flexibility index (Phi) is 4.51. The highest BCUT2D eigenvalue weighted by Gasteiger charge is 2.36. The van der Waals surface area contributed by atoms with Crippen molar-refractivity contribution in [2.24, 2.45) is 0 Å². The van der Waals surface area contributed by atoms with Crippen molar-refractivity contribution < 1.29 is 23.8 Å². The predicted octanol–water partition coefficient (Wildman–Crippen LogP) is 3.58. The van der Waals surface area contributed by atoms with E-state index in [1.807, 2.05) is 17.0 Å². The lowest BCUT2D eigenvalue weighted by Gasteiger charge is -2.39. The third-order valence-electron chi connectivity index (χ3n) is 5.07. The SMILES string of the molecule is O=C(O)C1CCCCN1C(c1ccc2c(c1)OCO2)c1ccccc1F. The van der Waals surface area contributed by atoms with Crippen molar-refractivity contribution in [2.75, 3.05) is 13.3 Å². The second-order valence-electron chi connectivity index (χ2n) is 6.62. The van der Waals surface area contributed by atoms with Crippen LogP contribution in [-0.4, -0.2) is 35.4 Å². The topological polar surface area (TPSA) is 59.0 Å². The van der Waals surface area contributed by atoms with Crippen LogP contribution in [0.5, 0.6) is 11.5 Å². The molecule has 2 unspecified atom stereocenters.